The fourth-order valence-electron chi connectivity index (χ4n) is 5.67. The number of rotatable bonds is 11. The number of nitrogens with zero attached hydrogens (tertiary/aromatic N) is 1. The Morgan fingerprint density at radius 1 is 1.24 bits per heavy atom. The third kappa shape index (κ3) is 9.14. The Balaban J connectivity index is 1.95. The molecule has 1 aromatic rings. The SMILES string of the molecule is C=C1CC=C(C)C(/C(=C\C(C)c2cccc(F)c2)C2CCC2=O)=C(C(=C)CCCN(CC(C)C)C(=O)OC(C)(C)C)C1. The number of carbonyl (C=O) groups is 2. The molecule has 0 radical (unpaired) electrons. The maximum Gasteiger partial charge on any atom is 0.410 e. The van der Waals surface area contributed by atoms with Crippen LogP contribution in [0.4, 0.5) is 9.18 Å². The first kappa shape index (κ1) is 33.3. The van der Waals surface area contributed by atoms with Crippen LogP contribution < -0.4 is 0 Å². The van der Waals surface area contributed by atoms with Crippen molar-refractivity contribution >= 4 is 11.9 Å². The van der Waals surface area contributed by atoms with Gasteiger partial charge in [-0.3, -0.25) is 4.79 Å². The van der Waals surface area contributed by atoms with E-state index in [1.807, 2.05) is 26.8 Å². The second kappa shape index (κ2) is 14.3. The van der Waals surface area contributed by atoms with Gasteiger partial charge in [0.15, 0.2) is 0 Å². The number of amides is 1. The number of carbonyl (C=O) groups excluding carboxylic acids is 2. The van der Waals surface area contributed by atoms with Crippen molar-refractivity contribution < 1.29 is 18.7 Å². The lowest BCUT2D eigenvalue weighted by Gasteiger charge is -2.32. The standard InChI is InChI=1S/C37H50FNO3/c1-24(2)23-39(36(41)42-37(7,8)9)19-11-12-26(4)32-20-25(3)15-16-27(5)35(32)33(31-17-18-34(31)40)21-28(6)29-13-10-14-30(38)22-29/h10,13-14,16,21-22,24,28,31H,3-4,11-12,15,17-20,23H2,1-2,5-9H3/b33-21-. The highest BCUT2D eigenvalue weighted by atomic mass is 19.1. The monoisotopic (exact) mass is 575 g/mol. The Kier molecular flexibility index (Phi) is 11.3. The minimum atomic E-state index is -0.551. The van der Waals surface area contributed by atoms with Crippen molar-refractivity contribution in [1.29, 1.82) is 0 Å². The number of hydrogen-bond acceptors (Lipinski definition) is 3. The van der Waals surface area contributed by atoms with Gasteiger partial charge >= 0.3 is 6.09 Å². The van der Waals surface area contributed by atoms with Gasteiger partial charge in [0.2, 0.25) is 0 Å². The Bertz CT molecular complexity index is 1290. The van der Waals surface area contributed by atoms with Crippen molar-refractivity contribution in [3.63, 3.8) is 0 Å². The summed E-state index contributed by atoms with van der Waals surface area (Å²) in [7, 11) is 0. The molecule has 228 valence electrons. The molecule has 1 fully saturated rings. The predicted octanol–water partition coefficient (Wildman–Crippen LogP) is 9.66. The van der Waals surface area contributed by atoms with Crippen LogP contribution in [0.1, 0.15) is 98.5 Å². The summed E-state index contributed by atoms with van der Waals surface area (Å²) in [5.74, 6) is 0.0801. The molecule has 0 saturated heterocycles. The first-order valence-corrected chi connectivity index (χ1v) is 15.4. The Morgan fingerprint density at radius 2 is 1.95 bits per heavy atom. The molecular weight excluding hydrogens is 525 g/mol. The van der Waals surface area contributed by atoms with E-state index in [1.165, 1.54) is 6.07 Å². The van der Waals surface area contributed by atoms with Gasteiger partial charge in [-0.05, 0) is 112 Å². The maximum absolute atomic E-state index is 14.1. The summed E-state index contributed by atoms with van der Waals surface area (Å²) in [6, 6.07) is 6.69. The predicted molar refractivity (Wildman–Crippen MR) is 171 cm³/mol. The number of halogens is 1. The van der Waals surface area contributed by atoms with Crippen LogP contribution in [0, 0.1) is 17.7 Å². The molecule has 0 heterocycles. The van der Waals surface area contributed by atoms with Crippen molar-refractivity contribution in [2.24, 2.45) is 11.8 Å². The van der Waals surface area contributed by atoms with E-state index in [0.29, 0.717) is 38.3 Å². The van der Waals surface area contributed by atoms with Crippen LogP contribution in [0.5, 0.6) is 0 Å². The van der Waals surface area contributed by atoms with Crippen LogP contribution in [0.25, 0.3) is 0 Å². The number of benzene rings is 1. The highest BCUT2D eigenvalue weighted by Gasteiger charge is 2.35. The van der Waals surface area contributed by atoms with Gasteiger partial charge in [-0.25, -0.2) is 9.18 Å². The Hall–Kier alpha value is -3.21. The molecule has 0 spiro atoms. The van der Waals surface area contributed by atoms with E-state index >= 15 is 0 Å². The maximum atomic E-state index is 14.1. The van der Waals surface area contributed by atoms with Crippen LogP contribution >= 0.6 is 0 Å². The molecule has 3 rings (SSSR count). The molecule has 2 aliphatic carbocycles. The molecule has 0 N–H and O–H groups in total. The summed E-state index contributed by atoms with van der Waals surface area (Å²) in [5.41, 5.74) is 6.80. The summed E-state index contributed by atoms with van der Waals surface area (Å²) in [5, 5.41) is 0. The molecular formula is C37H50FNO3. The number of allylic oxidation sites excluding steroid dienone is 8. The van der Waals surface area contributed by atoms with Crippen molar-refractivity contribution in [1.82, 2.24) is 4.90 Å². The van der Waals surface area contributed by atoms with Crippen molar-refractivity contribution in [2.75, 3.05) is 13.1 Å². The lowest BCUT2D eigenvalue weighted by molar-refractivity contribution is -0.127. The Morgan fingerprint density at radius 3 is 2.52 bits per heavy atom. The fourth-order valence-corrected chi connectivity index (χ4v) is 5.67. The number of hydrogen-bond donors (Lipinski definition) is 0. The molecule has 0 bridgehead atoms. The average Bonchev–Trinajstić information content (AvgIpc) is 3.03. The average molecular weight is 576 g/mol. The van der Waals surface area contributed by atoms with Gasteiger partial charge in [0.1, 0.15) is 17.2 Å². The van der Waals surface area contributed by atoms with Crippen molar-refractivity contribution in [3.05, 3.63) is 94.4 Å². The molecule has 2 aliphatic rings. The number of ketones is 1. The smallest absolute Gasteiger partial charge is 0.410 e. The van der Waals surface area contributed by atoms with E-state index in [2.05, 4.69) is 53.0 Å². The fraction of sp³-hybridized carbons (Fsp3) is 0.514. The Labute approximate surface area is 253 Å². The zero-order valence-electron chi connectivity index (χ0n) is 26.8. The summed E-state index contributed by atoms with van der Waals surface area (Å²) >= 11 is 0. The van der Waals surface area contributed by atoms with E-state index in [-0.39, 0.29) is 29.5 Å². The normalized spacial score (nSPS) is 18.8. The van der Waals surface area contributed by atoms with Crippen LogP contribution in [-0.4, -0.2) is 35.5 Å². The summed E-state index contributed by atoms with van der Waals surface area (Å²) in [6.45, 7) is 24.1. The minimum Gasteiger partial charge on any atom is -0.444 e. The molecule has 1 aromatic carbocycles. The largest absolute Gasteiger partial charge is 0.444 e. The molecule has 1 saturated carbocycles. The van der Waals surface area contributed by atoms with Gasteiger partial charge in [0.25, 0.3) is 0 Å². The molecule has 2 unspecified atom stereocenters. The van der Waals surface area contributed by atoms with E-state index in [9.17, 15) is 14.0 Å². The molecule has 4 nitrogen and oxygen atoms in total. The molecule has 0 aliphatic heterocycles. The number of Topliss-reactive ketones (excluding diaryl/α,β-unsaturated/α-hetero) is 1. The van der Waals surface area contributed by atoms with Gasteiger partial charge in [0.05, 0.1) is 0 Å². The first-order chi connectivity index (χ1) is 19.7. The zero-order chi connectivity index (χ0) is 31.2. The van der Waals surface area contributed by atoms with E-state index in [0.717, 1.165) is 58.3 Å². The quantitative estimate of drug-likeness (QED) is 0.247. The topological polar surface area (TPSA) is 46.6 Å². The molecule has 2 atom stereocenters. The first-order valence-electron chi connectivity index (χ1n) is 15.4. The molecule has 42 heavy (non-hydrogen) atoms. The third-order valence-electron chi connectivity index (χ3n) is 7.93. The van der Waals surface area contributed by atoms with Crippen LogP contribution in [0.15, 0.2) is 83.0 Å². The van der Waals surface area contributed by atoms with Gasteiger partial charge in [0, 0.05) is 25.4 Å². The summed E-state index contributed by atoms with van der Waals surface area (Å²) in [4.78, 5) is 27.6. The van der Waals surface area contributed by atoms with Crippen molar-refractivity contribution in [2.45, 2.75) is 98.5 Å². The van der Waals surface area contributed by atoms with Crippen LogP contribution in [-0.2, 0) is 9.53 Å². The molecule has 0 aromatic heterocycles. The van der Waals surface area contributed by atoms with Crippen LogP contribution in [0.3, 0.4) is 0 Å². The van der Waals surface area contributed by atoms with E-state index < -0.39 is 5.60 Å². The van der Waals surface area contributed by atoms with E-state index in [4.69, 9.17) is 4.74 Å². The highest BCUT2D eigenvalue weighted by Crippen LogP contribution is 2.44. The van der Waals surface area contributed by atoms with Gasteiger partial charge in [-0.15, -0.1) is 0 Å². The summed E-state index contributed by atoms with van der Waals surface area (Å²) in [6.07, 6.45) is 8.41. The lowest BCUT2D eigenvalue weighted by Crippen LogP contribution is -2.39. The van der Waals surface area contributed by atoms with Gasteiger partial charge in [-0.2, -0.15) is 0 Å². The van der Waals surface area contributed by atoms with Crippen LogP contribution in [0.2, 0.25) is 0 Å². The minimum absolute atomic E-state index is 0.0659. The second-order valence-corrected chi connectivity index (χ2v) is 13.4. The van der Waals surface area contributed by atoms with E-state index in [1.54, 1.807) is 17.0 Å². The number of ether oxygens (including phenoxy) is 1. The summed E-state index contributed by atoms with van der Waals surface area (Å²) < 4.78 is 19.8. The lowest BCUT2D eigenvalue weighted by atomic mass is 9.71. The third-order valence-corrected chi connectivity index (χ3v) is 7.93. The molecule has 1 amide bonds. The second-order valence-electron chi connectivity index (χ2n) is 13.4. The van der Waals surface area contributed by atoms with Gasteiger partial charge < -0.3 is 9.64 Å². The highest BCUT2D eigenvalue weighted by molar-refractivity contribution is 5.91. The van der Waals surface area contributed by atoms with Crippen molar-refractivity contribution in [3.8, 4) is 0 Å². The molecule has 5 heteroatoms. The zero-order valence-corrected chi connectivity index (χ0v) is 26.8. The van der Waals surface area contributed by atoms with Gasteiger partial charge in [-0.1, -0.05) is 69.4 Å².